The largest absolute Gasteiger partial charge is 0.445 e. The van der Waals surface area contributed by atoms with Crippen molar-refractivity contribution in [2.24, 2.45) is 0 Å². The molecule has 1 aliphatic rings. The van der Waals surface area contributed by atoms with E-state index >= 15 is 0 Å². The van der Waals surface area contributed by atoms with E-state index in [1.165, 1.54) is 0 Å². The minimum absolute atomic E-state index is 0.254. The van der Waals surface area contributed by atoms with E-state index in [0.717, 1.165) is 11.3 Å². The van der Waals surface area contributed by atoms with Gasteiger partial charge < -0.3 is 9.15 Å². The van der Waals surface area contributed by atoms with E-state index < -0.39 is 0 Å². The summed E-state index contributed by atoms with van der Waals surface area (Å²) in [6.07, 6.45) is 1.32. The topological polar surface area (TPSA) is 68.5 Å². The SMILES string of the molecule is O=C(OCc1ccccc1)N1Cc2nc(-c3ccccn3)oc2C1. The molecule has 6 nitrogen and oxygen atoms in total. The molecule has 0 spiro atoms. The number of rotatable bonds is 3. The highest BCUT2D eigenvalue weighted by Crippen LogP contribution is 2.28. The summed E-state index contributed by atoms with van der Waals surface area (Å²) in [7, 11) is 0. The van der Waals surface area contributed by atoms with E-state index in [1.54, 1.807) is 11.1 Å². The second kappa shape index (κ2) is 6.16. The molecule has 1 aliphatic heterocycles. The molecule has 0 bridgehead atoms. The molecule has 24 heavy (non-hydrogen) atoms. The van der Waals surface area contributed by atoms with Gasteiger partial charge >= 0.3 is 6.09 Å². The maximum absolute atomic E-state index is 12.2. The fourth-order valence-electron chi connectivity index (χ4n) is 2.58. The van der Waals surface area contributed by atoms with Crippen LogP contribution in [0.1, 0.15) is 17.0 Å². The van der Waals surface area contributed by atoms with E-state index in [9.17, 15) is 4.79 Å². The molecule has 6 heteroatoms. The van der Waals surface area contributed by atoms with Crippen molar-refractivity contribution in [2.75, 3.05) is 0 Å². The summed E-state index contributed by atoms with van der Waals surface area (Å²) in [5, 5.41) is 0. The van der Waals surface area contributed by atoms with Gasteiger partial charge in [-0.25, -0.2) is 9.78 Å². The van der Waals surface area contributed by atoms with Gasteiger partial charge in [0.2, 0.25) is 5.89 Å². The predicted octanol–water partition coefficient (Wildman–Crippen LogP) is 3.39. The van der Waals surface area contributed by atoms with Crippen molar-refractivity contribution < 1.29 is 13.9 Å². The zero-order valence-electron chi connectivity index (χ0n) is 12.9. The number of carbonyl (C=O) groups is 1. The van der Waals surface area contributed by atoms with Gasteiger partial charge in [0.15, 0.2) is 0 Å². The van der Waals surface area contributed by atoms with Gasteiger partial charge in [-0.2, -0.15) is 0 Å². The van der Waals surface area contributed by atoms with Crippen molar-refractivity contribution in [2.45, 2.75) is 19.7 Å². The maximum atomic E-state index is 12.2. The highest BCUT2D eigenvalue weighted by molar-refractivity contribution is 5.68. The molecule has 1 aromatic carbocycles. The third kappa shape index (κ3) is 2.86. The second-order valence-corrected chi connectivity index (χ2v) is 5.50. The second-order valence-electron chi connectivity index (χ2n) is 5.50. The van der Waals surface area contributed by atoms with Gasteiger partial charge in [-0.1, -0.05) is 36.4 Å². The number of ether oxygens (including phenoxy) is 1. The average molecular weight is 321 g/mol. The lowest BCUT2D eigenvalue weighted by atomic mass is 10.2. The lowest BCUT2D eigenvalue weighted by Gasteiger charge is -2.15. The summed E-state index contributed by atoms with van der Waals surface area (Å²) in [4.78, 5) is 22.4. The lowest BCUT2D eigenvalue weighted by Crippen LogP contribution is -2.26. The number of benzene rings is 1. The predicted molar refractivity (Wildman–Crippen MR) is 85.6 cm³/mol. The molecule has 0 atom stereocenters. The van der Waals surface area contributed by atoms with Crippen molar-refractivity contribution in [3.05, 3.63) is 71.7 Å². The molecule has 0 aliphatic carbocycles. The minimum atomic E-state index is -0.369. The first-order valence-electron chi connectivity index (χ1n) is 7.65. The first-order valence-corrected chi connectivity index (χ1v) is 7.65. The van der Waals surface area contributed by atoms with Crippen LogP contribution in [0.3, 0.4) is 0 Å². The van der Waals surface area contributed by atoms with E-state index in [0.29, 0.717) is 30.4 Å². The molecule has 3 heterocycles. The molecular weight excluding hydrogens is 306 g/mol. The van der Waals surface area contributed by atoms with Crippen LogP contribution < -0.4 is 0 Å². The number of fused-ring (bicyclic) bond motifs is 1. The summed E-state index contributed by atoms with van der Waals surface area (Å²) in [5.74, 6) is 1.17. The van der Waals surface area contributed by atoms with Crippen LogP contribution in [0.2, 0.25) is 0 Å². The number of carbonyl (C=O) groups excluding carboxylic acids is 1. The Bertz CT molecular complexity index is 823. The van der Waals surface area contributed by atoms with E-state index in [4.69, 9.17) is 9.15 Å². The summed E-state index contributed by atoms with van der Waals surface area (Å²) < 4.78 is 11.1. The maximum Gasteiger partial charge on any atom is 0.410 e. The number of pyridine rings is 1. The third-order valence-electron chi connectivity index (χ3n) is 3.80. The normalized spacial score (nSPS) is 12.9. The van der Waals surface area contributed by atoms with Crippen molar-refractivity contribution in [3.8, 4) is 11.6 Å². The van der Waals surface area contributed by atoms with Crippen LogP contribution in [0.25, 0.3) is 11.6 Å². The summed E-state index contributed by atoms with van der Waals surface area (Å²) in [6.45, 7) is 1.01. The molecule has 0 fully saturated rings. The van der Waals surface area contributed by atoms with Crippen molar-refractivity contribution >= 4 is 6.09 Å². The number of amides is 1. The summed E-state index contributed by atoms with van der Waals surface area (Å²) in [5.41, 5.74) is 2.40. The monoisotopic (exact) mass is 321 g/mol. The summed E-state index contributed by atoms with van der Waals surface area (Å²) in [6, 6.07) is 15.1. The van der Waals surface area contributed by atoms with Crippen LogP contribution in [-0.2, 0) is 24.4 Å². The molecule has 0 saturated heterocycles. The molecular formula is C18H15N3O3. The molecule has 0 saturated carbocycles. The zero-order valence-corrected chi connectivity index (χ0v) is 12.9. The molecule has 1 amide bonds. The van der Waals surface area contributed by atoms with E-state index in [-0.39, 0.29) is 12.7 Å². The Balaban J connectivity index is 1.39. The van der Waals surface area contributed by atoms with Crippen LogP contribution in [0.4, 0.5) is 4.79 Å². The Kier molecular flexibility index (Phi) is 3.70. The highest BCUT2D eigenvalue weighted by atomic mass is 16.6. The molecule has 4 rings (SSSR count). The zero-order chi connectivity index (χ0) is 16.4. The van der Waals surface area contributed by atoms with Crippen LogP contribution in [-0.4, -0.2) is 21.0 Å². The number of oxazole rings is 1. The molecule has 2 aromatic heterocycles. The number of aromatic nitrogens is 2. The first-order chi connectivity index (χ1) is 11.8. The van der Waals surface area contributed by atoms with Gasteiger partial charge in [-0.15, -0.1) is 0 Å². The molecule has 0 N–H and O–H groups in total. The van der Waals surface area contributed by atoms with Crippen LogP contribution in [0.15, 0.2) is 59.1 Å². The Morgan fingerprint density at radius 1 is 1.12 bits per heavy atom. The van der Waals surface area contributed by atoms with Gasteiger partial charge in [0.1, 0.15) is 23.8 Å². The fraction of sp³-hybridized carbons (Fsp3) is 0.167. The Morgan fingerprint density at radius 2 is 1.96 bits per heavy atom. The van der Waals surface area contributed by atoms with Gasteiger partial charge in [0.25, 0.3) is 0 Å². The smallest absolute Gasteiger partial charge is 0.410 e. The van der Waals surface area contributed by atoms with Crippen LogP contribution >= 0.6 is 0 Å². The van der Waals surface area contributed by atoms with E-state index in [2.05, 4.69) is 9.97 Å². The van der Waals surface area contributed by atoms with Crippen molar-refractivity contribution in [3.63, 3.8) is 0 Å². The third-order valence-corrected chi connectivity index (χ3v) is 3.80. The minimum Gasteiger partial charge on any atom is -0.445 e. The number of hydrogen-bond donors (Lipinski definition) is 0. The van der Waals surface area contributed by atoms with Crippen molar-refractivity contribution in [1.29, 1.82) is 0 Å². The standard InChI is InChI=1S/C18H15N3O3/c22-18(23-12-13-6-2-1-3-7-13)21-10-15-16(11-21)24-17(20-15)14-8-4-5-9-19-14/h1-9H,10-12H2. The lowest BCUT2D eigenvalue weighted by molar-refractivity contribution is 0.0937. The van der Waals surface area contributed by atoms with Crippen LogP contribution in [0, 0.1) is 0 Å². The molecule has 120 valence electrons. The van der Waals surface area contributed by atoms with Gasteiger partial charge in [-0.05, 0) is 17.7 Å². The van der Waals surface area contributed by atoms with E-state index in [1.807, 2.05) is 48.5 Å². The molecule has 3 aromatic rings. The highest BCUT2D eigenvalue weighted by Gasteiger charge is 2.30. The number of nitrogens with zero attached hydrogens (tertiary/aromatic N) is 3. The fourth-order valence-corrected chi connectivity index (χ4v) is 2.58. The Hall–Kier alpha value is -3.15. The van der Waals surface area contributed by atoms with Gasteiger partial charge in [0, 0.05) is 6.20 Å². The van der Waals surface area contributed by atoms with Gasteiger partial charge in [0.05, 0.1) is 13.1 Å². The van der Waals surface area contributed by atoms with Crippen LogP contribution in [0.5, 0.6) is 0 Å². The van der Waals surface area contributed by atoms with Gasteiger partial charge in [-0.3, -0.25) is 9.88 Å². The summed E-state index contributed by atoms with van der Waals surface area (Å²) >= 11 is 0. The molecule has 0 radical (unpaired) electrons. The number of hydrogen-bond acceptors (Lipinski definition) is 5. The quantitative estimate of drug-likeness (QED) is 0.739. The van der Waals surface area contributed by atoms with Crippen molar-refractivity contribution in [1.82, 2.24) is 14.9 Å². The Labute approximate surface area is 138 Å². The first kappa shape index (κ1) is 14.4. The molecule has 0 unspecified atom stereocenters. The average Bonchev–Trinajstić information content (AvgIpc) is 3.20. The Morgan fingerprint density at radius 3 is 2.71 bits per heavy atom.